The molecule has 0 aliphatic carbocycles. The summed E-state index contributed by atoms with van der Waals surface area (Å²) in [5, 5.41) is 0. The van der Waals surface area contributed by atoms with Gasteiger partial charge in [0.05, 0.1) is 5.56 Å². The molecule has 1 aromatic carbocycles. The first kappa shape index (κ1) is 19.6. The van der Waals surface area contributed by atoms with Crippen LogP contribution in [-0.4, -0.2) is 57.6 Å². The summed E-state index contributed by atoms with van der Waals surface area (Å²) in [4.78, 5) is 14.5. The van der Waals surface area contributed by atoms with E-state index in [-0.39, 0.29) is 5.97 Å². The average Bonchev–Trinajstić information content (AvgIpc) is 2.56. The summed E-state index contributed by atoms with van der Waals surface area (Å²) in [5.41, 5.74) is 0.534. The van der Waals surface area contributed by atoms with Crippen LogP contribution in [0.25, 0.3) is 0 Å². The highest BCUT2D eigenvalue weighted by Crippen LogP contribution is 2.14. The second kappa shape index (κ2) is 11.2. The highest BCUT2D eigenvalue weighted by atomic mass is 16.7. The van der Waals surface area contributed by atoms with Gasteiger partial charge in [0.1, 0.15) is 0 Å². The summed E-state index contributed by atoms with van der Waals surface area (Å²) >= 11 is 0. The molecule has 0 N–H and O–H groups in total. The van der Waals surface area contributed by atoms with Crippen molar-refractivity contribution in [1.29, 1.82) is 0 Å². The molecule has 0 aliphatic rings. The second-order valence-corrected chi connectivity index (χ2v) is 5.60. The Kier molecular flexibility index (Phi) is 9.52. The van der Waals surface area contributed by atoms with Crippen molar-refractivity contribution in [1.82, 2.24) is 4.90 Å². The molecule has 1 atom stereocenters. The molecule has 5 nitrogen and oxygen atoms in total. The summed E-state index contributed by atoms with van der Waals surface area (Å²) in [6.45, 7) is 4.17. The van der Waals surface area contributed by atoms with Gasteiger partial charge in [-0.1, -0.05) is 25.1 Å². The fourth-order valence-electron chi connectivity index (χ4n) is 2.49. The van der Waals surface area contributed by atoms with E-state index in [1.165, 1.54) is 0 Å². The molecule has 0 radical (unpaired) electrons. The molecule has 0 fully saturated rings. The third-order valence-corrected chi connectivity index (χ3v) is 3.67. The van der Waals surface area contributed by atoms with Crippen molar-refractivity contribution in [2.45, 2.75) is 38.6 Å². The third-order valence-electron chi connectivity index (χ3n) is 3.67. The summed E-state index contributed by atoms with van der Waals surface area (Å²) in [6, 6.07) is 8.97. The Morgan fingerprint density at radius 3 is 2.35 bits per heavy atom. The van der Waals surface area contributed by atoms with Gasteiger partial charge in [-0.2, -0.15) is 0 Å². The number of carbonyl (C=O) groups excluding carboxylic acids is 1. The van der Waals surface area contributed by atoms with Crippen LogP contribution in [0.1, 0.15) is 36.5 Å². The molecule has 1 aromatic rings. The van der Waals surface area contributed by atoms with E-state index in [9.17, 15) is 4.79 Å². The first-order valence-corrected chi connectivity index (χ1v) is 8.12. The topological polar surface area (TPSA) is 48.0 Å². The number of carbonyl (C=O) groups is 1. The van der Waals surface area contributed by atoms with E-state index in [0.717, 1.165) is 25.9 Å². The average molecular weight is 323 g/mol. The number of methoxy groups -OCH3 is 2. The van der Waals surface area contributed by atoms with Gasteiger partial charge in [-0.25, -0.2) is 4.79 Å². The maximum Gasteiger partial charge on any atom is 0.338 e. The van der Waals surface area contributed by atoms with E-state index < -0.39 is 12.4 Å². The van der Waals surface area contributed by atoms with Crippen molar-refractivity contribution in [3.63, 3.8) is 0 Å². The largest absolute Gasteiger partial charge is 0.453 e. The van der Waals surface area contributed by atoms with Gasteiger partial charge in [0.15, 0.2) is 12.4 Å². The molecular weight excluding hydrogens is 294 g/mol. The predicted molar refractivity (Wildman–Crippen MR) is 90.5 cm³/mol. The van der Waals surface area contributed by atoms with E-state index in [4.69, 9.17) is 14.2 Å². The molecule has 0 aromatic heterocycles. The minimum Gasteiger partial charge on any atom is -0.453 e. The van der Waals surface area contributed by atoms with Crippen LogP contribution in [0, 0.1) is 0 Å². The van der Waals surface area contributed by atoms with Crippen LogP contribution in [-0.2, 0) is 14.2 Å². The van der Waals surface area contributed by atoms with Gasteiger partial charge in [0, 0.05) is 14.2 Å². The molecule has 1 rings (SSSR count). The summed E-state index contributed by atoms with van der Waals surface area (Å²) in [5.74, 6) is -0.350. The van der Waals surface area contributed by atoms with Crippen molar-refractivity contribution < 1.29 is 19.0 Å². The quantitative estimate of drug-likeness (QED) is 0.463. The van der Waals surface area contributed by atoms with Crippen molar-refractivity contribution >= 4 is 5.97 Å². The van der Waals surface area contributed by atoms with Crippen LogP contribution < -0.4 is 0 Å². The number of ether oxygens (including phenoxy) is 3. The Labute approximate surface area is 139 Å². The van der Waals surface area contributed by atoms with Gasteiger partial charge >= 0.3 is 5.97 Å². The van der Waals surface area contributed by atoms with E-state index in [1.54, 1.807) is 26.4 Å². The van der Waals surface area contributed by atoms with Gasteiger partial charge < -0.3 is 19.1 Å². The van der Waals surface area contributed by atoms with E-state index in [0.29, 0.717) is 12.0 Å². The zero-order valence-electron chi connectivity index (χ0n) is 14.7. The predicted octanol–water partition coefficient (Wildman–Crippen LogP) is 2.95. The standard InChI is InChI=1S/C18H29NO4/c1-5-13-19(2)14-9-12-16(18(21-3)22-4)23-17(20)15-10-7-6-8-11-15/h6-8,10-11,16,18H,5,9,12-14H2,1-4H3. The lowest BCUT2D eigenvalue weighted by Crippen LogP contribution is -2.35. The summed E-state index contributed by atoms with van der Waals surface area (Å²) < 4.78 is 16.2. The van der Waals surface area contributed by atoms with Crippen molar-refractivity contribution in [3.05, 3.63) is 35.9 Å². The van der Waals surface area contributed by atoms with Crippen molar-refractivity contribution in [3.8, 4) is 0 Å². The summed E-state index contributed by atoms with van der Waals surface area (Å²) in [6.07, 6.45) is 1.75. The van der Waals surface area contributed by atoms with E-state index in [2.05, 4.69) is 18.9 Å². The normalized spacial score (nSPS) is 12.6. The fraction of sp³-hybridized carbons (Fsp3) is 0.611. The Morgan fingerprint density at radius 1 is 1.13 bits per heavy atom. The molecule has 5 heteroatoms. The molecule has 130 valence electrons. The monoisotopic (exact) mass is 323 g/mol. The number of esters is 1. The highest BCUT2D eigenvalue weighted by molar-refractivity contribution is 5.89. The molecule has 1 unspecified atom stereocenters. The van der Waals surface area contributed by atoms with Gasteiger partial charge in [0.2, 0.25) is 0 Å². The Bertz CT molecular complexity index is 434. The fourth-order valence-corrected chi connectivity index (χ4v) is 2.49. The molecule has 0 bridgehead atoms. The lowest BCUT2D eigenvalue weighted by Gasteiger charge is -2.25. The highest BCUT2D eigenvalue weighted by Gasteiger charge is 2.25. The minimum atomic E-state index is -0.556. The van der Waals surface area contributed by atoms with Crippen LogP contribution >= 0.6 is 0 Å². The number of benzene rings is 1. The van der Waals surface area contributed by atoms with Gasteiger partial charge in [0.25, 0.3) is 0 Å². The molecule has 23 heavy (non-hydrogen) atoms. The third kappa shape index (κ3) is 7.12. The van der Waals surface area contributed by atoms with Crippen LogP contribution in [0.2, 0.25) is 0 Å². The molecular formula is C18H29NO4. The molecule has 0 saturated carbocycles. The maximum absolute atomic E-state index is 12.2. The second-order valence-electron chi connectivity index (χ2n) is 5.60. The Balaban J connectivity index is 2.60. The number of hydrogen-bond acceptors (Lipinski definition) is 5. The SMILES string of the molecule is CCCN(C)CCCC(OC(=O)c1ccccc1)C(OC)OC. The molecule has 0 heterocycles. The lowest BCUT2D eigenvalue weighted by molar-refractivity contribution is -0.167. The van der Waals surface area contributed by atoms with Crippen LogP contribution in [0.5, 0.6) is 0 Å². The van der Waals surface area contributed by atoms with Gasteiger partial charge in [-0.15, -0.1) is 0 Å². The zero-order chi connectivity index (χ0) is 17.1. The van der Waals surface area contributed by atoms with Crippen molar-refractivity contribution in [2.24, 2.45) is 0 Å². The molecule has 0 aliphatic heterocycles. The lowest BCUT2D eigenvalue weighted by atomic mass is 10.1. The number of nitrogens with zero attached hydrogens (tertiary/aromatic N) is 1. The zero-order valence-corrected chi connectivity index (χ0v) is 14.7. The Hall–Kier alpha value is -1.43. The van der Waals surface area contributed by atoms with Gasteiger partial charge in [-0.3, -0.25) is 0 Å². The molecule has 0 amide bonds. The van der Waals surface area contributed by atoms with Crippen LogP contribution in [0.4, 0.5) is 0 Å². The minimum absolute atomic E-state index is 0.350. The first-order chi connectivity index (χ1) is 11.1. The van der Waals surface area contributed by atoms with Gasteiger partial charge in [-0.05, 0) is 51.5 Å². The number of hydrogen-bond donors (Lipinski definition) is 0. The smallest absolute Gasteiger partial charge is 0.338 e. The van der Waals surface area contributed by atoms with E-state index >= 15 is 0 Å². The maximum atomic E-state index is 12.2. The summed E-state index contributed by atoms with van der Waals surface area (Å²) in [7, 11) is 5.21. The van der Waals surface area contributed by atoms with E-state index in [1.807, 2.05) is 18.2 Å². The number of rotatable bonds is 11. The Morgan fingerprint density at radius 2 is 1.78 bits per heavy atom. The first-order valence-electron chi connectivity index (χ1n) is 8.12. The molecule has 0 spiro atoms. The van der Waals surface area contributed by atoms with Crippen LogP contribution in [0.3, 0.4) is 0 Å². The molecule has 0 saturated heterocycles. The van der Waals surface area contributed by atoms with Crippen LogP contribution in [0.15, 0.2) is 30.3 Å². The van der Waals surface area contributed by atoms with Crippen molar-refractivity contribution in [2.75, 3.05) is 34.4 Å².